The van der Waals surface area contributed by atoms with E-state index in [1.165, 1.54) is 5.56 Å². The lowest BCUT2D eigenvalue weighted by Gasteiger charge is -2.20. The molecule has 0 amide bonds. The van der Waals surface area contributed by atoms with Crippen LogP contribution in [-0.4, -0.2) is 54.5 Å². The van der Waals surface area contributed by atoms with Gasteiger partial charge >= 0.3 is 0 Å². The van der Waals surface area contributed by atoms with E-state index < -0.39 is 10.0 Å². The van der Waals surface area contributed by atoms with Crippen LogP contribution in [0.15, 0.2) is 24.5 Å². The molecular weight excluding hydrogens is 274 g/mol. The summed E-state index contributed by atoms with van der Waals surface area (Å²) in [5.74, 6) is 1.20. The lowest BCUT2D eigenvalue weighted by atomic mass is 10.0. The Kier molecular flexibility index (Phi) is 3.79. The Bertz CT molecular complexity index is 547. The molecule has 3 heterocycles. The predicted octanol–water partition coefficient (Wildman–Crippen LogP) is 0.795. The van der Waals surface area contributed by atoms with Gasteiger partial charge in [-0.25, -0.2) is 12.7 Å². The molecule has 0 N–H and O–H groups in total. The zero-order chi connectivity index (χ0) is 14.2. The molecule has 0 unspecified atom stereocenters. The zero-order valence-corrected chi connectivity index (χ0v) is 12.6. The Morgan fingerprint density at radius 3 is 2.50 bits per heavy atom. The molecule has 2 aliphatic rings. The van der Waals surface area contributed by atoms with Crippen molar-refractivity contribution in [3.63, 3.8) is 0 Å². The summed E-state index contributed by atoms with van der Waals surface area (Å²) in [7, 11) is -3.01. The minimum absolute atomic E-state index is 0.214. The Labute approximate surface area is 120 Å². The fraction of sp³-hybridized carbons (Fsp3) is 0.643. The number of aromatic nitrogens is 1. The monoisotopic (exact) mass is 295 g/mol. The number of likely N-dealkylation sites (tertiary alicyclic amines) is 1. The van der Waals surface area contributed by atoms with E-state index in [9.17, 15) is 8.42 Å². The smallest absolute Gasteiger partial charge is 0.213 e. The number of sulfonamides is 1. The van der Waals surface area contributed by atoms with Crippen LogP contribution in [0, 0.1) is 11.8 Å². The van der Waals surface area contributed by atoms with Gasteiger partial charge in [0.2, 0.25) is 10.0 Å². The van der Waals surface area contributed by atoms with Gasteiger partial charge in [-0.05, 0) is 30.4 Å². The summed E-state index contributed by atoms with van der Waals surface area (Å²) in [6.45, 7) is 6.03. The van der Waals surface area contributed by atoms with Crippen molar-refractivity contribution in [3.8, 4) is 0 Å². The average Bonchev–Trinajstić information content (AvgIpc) is 2.98. The molecule has 0 aromatic carbocycles. The van der Waals surface area contributed by atoms with Gasteiger partial charge in [0.25, 0.3) is 0 Å². The van der Waals surface area contributed by atoms with Crippen LogP contribution >= 0.6 is 0 Å². The normalized spacial score (nSPS) is 27.9. The maximum absolute atomic E-state index is 11.9. The van der Waals surface area contributed by atoms with Crippen LogP contribution in [0.4, 0.5) is 0 Å². The summed E-state index contributed by atoms with van der Waals surface area (Å²) in [5.41, 5.74) is 1.23. The van der Waals surface area contributed by atoms with Crippen molar-refractivity contribution in [2.75, 3.05) is 31.9 Å². The minimum atomic E-state index is -3.01. The number of nitrogens with zero attached hydrogens (tertiary/aromatic N) is 3. The second-order valence-corrected chi connectivity index (χ2v) is 8.05. The Hall–Kier alpha value is -0.980. The average molecular weight is 295 g/mol. The summed E-state index contributed by atoms with van der Waals surface area (Å²) in [5, 5.41) is 0. The van der Waals surface area contributed by atoms with Crippen LogP contribution in [0.25, 0.3) is 0 Å². The number of rotatable bonds is 4. The van der Waals surface area contributed by atoms with E-state index in [1.54, 1.807) is 17.4 Å². The third-order valence-electron chi connectivity index (χ3n) is 4.42. The first-order valence-corrected chi connectivity index (χ1v) is 8.78. The maximum Gasteiger partial charge on any atom is 0.213 e. The first kappa shape index (κ1) is 14.0. The van der Waals surface area contributed by atoms with Gasteiger partial charge < -0.3 is 0 Å². The molecule has 2 fully saturated rings. The van der Waals surface area contributed by atoms with E-state index in [0.717, 1.165) is 19.6 Å². The largest absolute Gasteiger partial charge is 0.298 e. The van der Waals surface area contributed by atoms with Gasteiger partial charge in [0, 0.05) is 45.1 Å². The molecule has 0 aliphatic carbocycles. The molecule has 110 valence electrons. The summed E-state index contributed by atoms with van der Waals surface area (Å²) >= 11 is 0. The van der Waals surface area contributed by atoms with Crippen molar-refractivity contribution in [2.45, 2.75) is 13.5 Å². The van der Waals surface area contributed by atoms with Crippen molar-refractivity contribution in [1.29, 1.82) is 0 Å². The van der Waals surface area contributed by atoms with E-state index in [-0.39, 0.29) is 5.75 Å². The fourth-order valence-electron chi connectivity index (χ4n) is 3.34. The SMILES string of the molecule is CCS(=O)(=O)N1C[C@H]2CN(Cc3cccnc3)C[C@H]2C1. The van der Waals surface area contributed by atoms with E-state index in [1.807, 2.05) is 12.3 Å². The Morgan fingerprint density at radius 2 is 1.95 bits per heavy atom. The number of fused-ring (bicyclic) bond motifs is 1. The molecule has 5 nitrogen and oxygen atoms in total. The van der Waals surface area contributed by atoms with E-state index in [4.69, 9.17) is 0 Å². The second kappa shape index (κ2) is 5.42. The summed E-state index contributed by atoms with van der Waals surface area (Å²) < 4.78 is 25.5. The number of pyridine rings is 1. The standard InChI is InChI=1S/C14H21N3O2S/c1-2-20(18,19)17-10-13-8-16(9-14(13)11-17)7-12-4-3-5-15-6-12/h3-6,13-14H,2,7-11H2,1H3/t13-,14+. The number of hydrogen-bond donors (Lipinski definition) is 0. The highest BCUT2D eigenvalue weighted by Crippen LogP contribution is 2.33. The van der Waals surface area contributed by atoms with Gasteiger partial charge in [-0.15, -0.1) is 0 Å². The van der Waals surface area contributed by atoms with Crippen molar-refractivity contribution in [3.05, 3.63) is 30.1 Å². The van der Waals surface area contributed by atoms with Crippen molar-refractivity contribution < 1.29 is 8.42 Å². The second-order valence-electron chi connectivity index (χ2n) is 5.79. The van der Waals surface area contributed by atoms with E-state index >= 15 is 0 Å². The van der Waals surface area contributed by atoms with Crippen LogP contribution in [0.2, 0.25) is 0 Å². The molecule has 0 spiro atoms. The molecule has 1 aromatic rings. The molecule has 2 saturated heterocycles. The molecule has 20 heavy (non-hydrogen) atoms. The van der Waals surface area contributed by atoms with Gasteiger partial charge in [-0.3, -0.25) is 9.88 Å². The van der Waals surface area contributed by atoms with Gasteiger partial charge in [0.05, 0.1) is 5.75 Å². The van der Waals surface area contributed by atoms with Crippen LogP contribution in [0.3, 0.4) is 0 Å². The lowest BCUT2D eigenvalue weighted by molar-refractivity contribution is 0.289. The molecule has 3 rings (SSSR count). The van der Waals surface area contributed by atoms with Gasteiger partial charge in [0.1, 0.15) is 0 Å². The molecule has 0 saturated carbocycles. The van der Waals surface area contributed by atoms with Crippen molar-refractivity contribution >= 4 is 10.0 Å². The molecule has 0 bridgehead atoms. The molecule has 2 aliphatic heterocycles. The Morgan fingerprint density at radius 1 is 1.25 bits per heavy atom. The summed E-state index contributed by atoms with van der Waals surface area (Å²) in [4.78, 5) is 6.56. The van der Waals surface area contributed by atoms with Crippen LogP contribution in [0.5, 0.6) is 0 Å². The highest BCUT2D eigenvalue weighted by molar-refractivity contribution is 7.89. The molecule has 1 aromatic heterocycles. The van der Waals surface area contributed by atoms with Crippen LogP contribution < -0.4 is 0 Å². The molecular formula is C14H21N3O2S. The van der Waals surface area contributed by atoms with Gasteiger partial charge in [-0.1, -0.05) is 6.07 Å². The van der Waals surface area contributed by atoms with Crippen LogP contribution in [-0.2, 0) is 16.6 Å². The van der Waals surface area contributed by atoms with Gasteiger partial charge in [0.15, 0.2) is 0 Å². The fourth-order valence-corrected chi connectivity index (χ4v) is 4.54. The maximum atomic E-state index is 11.9. The minimum Gasteiger partial charge on any atom is -0.298 e. The van der Waals surface area contributed by atoms with Crippen molar-refractivity contribution in [1.82, 2.24) is 14.2 Å². The van der Waals surface area contributed by atoms with E-state index in [2.05, 4.69) is 16.0 Å². The highest BCUT2D eigenvalue weighted by atomic mass is 32.2. The topological polar surface area (TPSA) is 53.5 Å². The molecule has 6 heteroatoms. The van der Waals surface area contributed by atoms with E-state index in [0.29, 0.717) is 24.9 Å². The molecule has 2 atom stereocenters. The first-order chi connectivity index (χ1) is 9.58. The summed E-state index contributed by atoms with van der Waals surface area (Å²) in [6.07, 6.45) is 3.69. The third kappa shape index (κ3) is 2.73. The predicted molar refractivity (Wildman–Crippen MR) is 77.5 cm³/mol. The quantitative estimate of drug-likeness (QED) is 0.824. The van der Waals surface area contributed by atoms with Gasteiger partial charge in [-0.2, -0.15) is 0 Å². The van der Waals surface area contributed by atoms with Crippen molar-refractivity contribution in [2.24, 2.45) is 11.8 Å². The van der Waals surface area contributed by atoms with Crippen LogP contribution in [0.1, 0.15) is 12.5 Å². The first-order valence-electron chi connectivity index (χ1n) is 7.17. The zero-order valence-electron chi connectivity index (χ0n) is 11.8. The number of hydrogen-bond acceptors (Lipinski definition) is 4. The summed E-state index contributed by atoms with van der Waals surface area (Å²) in [6, 6.07) is 4.05. The highest BCUT2D eigenvalue weighted by Gasteiger charge is 2.43. The Balaban J connectivity index is 1.59. The lowest BCUT2D eigenvalue weighted by Crippen LogP contribution is -2.34. The molecule has 0 radical (unpaired) electrons. The third-order valence-corrected chi connectivity index (χ3v) is 6.23.